The number of thiazole rings is 1. The van der Waals surface area contributed by atoms with Crippen LogP contribution < -0.4 is 20.2 Å². The molecule has 4 heterocycles. The van der Waals surface area contributed by atoms with Crippen LogP contribution in [0.2, 0.25) is 0 Å². The van der Waals surface area contributed by atoms with E-state index in [1.54, 1.807) is 24.5 Å². The highest BCUT2D eigenvalue weighted by Gasteiger charge is 2.56. The minimum absolute atomic E-state index is 0.124. The van der Waals surface area contributed by atoms with Crippen molar-refractivity contribution in [2.24, 2.45) is 11.1 Å². The number of hydrogen-bond acceptors (Lipinski definition) is 9. The van der Waals surface area contributed by atoms with Gasteiger partial charge in [-0.3, -0.25) is 28.7 Å². The van der Waals surface area contributed by atoms with Crippen LogP contribution in [-0.2, 0) is 31.0 Å². The van der Waals surface area contributed by atoms with Gasteiger partial charge in [-0.15, -0.1) is 0 Å². The van der Waals surface area contributed by atoms with Crippen molar-refractivity contribution in [3.63, 3.8) is 0 Å². The number of rotatable bonds is 6. The molecule has 4 aromatic rings. The molecule has 214 valence electrons. The summed E-state index contributed by atoms with van der Waals surface area (Å²) in [6.07, 6.45) is 3.14. The zero-order valence-corrected chi connectivity index (χ0v) is 23.8. The molecule has 2 aliphatic rings. The van der Waals surface area contributed by atoms with Gasteiger partial charge in [-0.2, -0.15) is 0 Å². The minimum atomic E-state index is -3.91. The Kier molecular flexibility index (Phi) is 7.04. The van der Waals surface area contributed by atoms with E-state index in [1.165, 1.54) is 53.1 Å². The summed E-state index contributed by atoms with van der Waals surface area (Å²) in [6, 6.07) is 13.7. The van der Waals surface area contributed by atoms with Gasteiger partial charge in [-0.1, -0.05) is 29.2 Å². The van der Waals surface area contributed by atoms with Gasteiger partial charge < -0.3 is 5.32 Å². The molecule has 0 spiro atoms. The molecule has 3 unspecified atom stereocenters. The van der Waals surface area contributed by atoms with Gasteiger partial charge in [0.25, 0.3) is 0 Å². The van der Waals surface area contributed by atoms with E-state index >= 15 is 0 Å². The van der Waals surface area contributed by atoms with Crippen molar-refractivity contribution in [3.8, 4) is 0 Å². The molecule has 0 aliphatic carbocycles. The number of benzene rings is 2. The van der Waals surface area contributed by atoms with E-state index in [0.717, 1.165) is 28.0 Å². The Morgan fingerprint density at radius 2 is 1.74 bits per heavy atom. The number of sulfonamides is 1. The van der Waals surface area contributed by atoms with Gasteiger partial charge in [0.15, 0.2) is 0 Å². The van der Waals surface area contributed by atoms with Crippen LogP contribution in [0, 0.1) is 11.7 Å². The molecule has 3 atom stereocenters. The zero-order valence-electron chi connectivity index (χ0n) is 21.3. The minimum Gasteiger partial charge on any atom is -0.325 e. The van der Waals surface area contributed by atoms with Crippen molar-refractivity contribution in [2.75, 3.05) is 10.2 Å². The molecular formula is C27H20FN5O6S3. The molecule has 3 N–H and O–H groups in total. The number of pyridine rings is 1. The van der Waals surface area contributed by atoms with E-state index in [9.17, 15) is 32.0 Å². The molecule has 2 aromatic carbocycles. The molecule has 1 fully saturated rings. The van der Waals surface area contributed by atoms with Gasteiger partial charge in [0, 0.05) is 28.9 Å². The first-order valence-electron chi connectivity index (χ1n) is 12.4. The molecule has 0 saturated carbocycles. The summed E-state index contributed by atoms with van der Waals surface area (Å²) in [5, 5.41) is 7.22. The van der Waals surface area contributed by atoms with E-state index < -0.39 is 62.1 Å². The predicted octanol–water partition coefficient (Wildman–Crippen LogP) is 2.53. The summed E-state index contributed by atoms with van der Waals surface area (Å²) in [4.78, 5) is 58.8. The molecule has 11 nitrogen and oxygen atoms in total. The monoisotopic (exact) mass is 625 g/mol. The molecule has 0 bridgehead atoms. The maximum Gasteiger partial charge on any atom is 0.308 e. The van der Waals surface area contributed by atoms with Crippen molar-refractivity contribution in [3.05, 3.63) is 99.0 Å². The first kappa shape index (κ1) is 28.0. The molecule has 3 amide bonds. The number of thioether (sulfide) groups is 1. The molecule has 6 rings (SSSR count). The van der Waals surface area contributed by atoms with Crippen LogP contribution in [0.25, 0.3) is 0 Å². The second-order valence-corrected chi connectivity index (χ2v) is 13.2. The van der Waals surface area contributed by atoms with Crippen LogP contribution >= 0.6 is 23.1 Å². The number of nitrogens with one attached hydrogen (secondary N) is 1. The Morgan fingerprint density at radius 3 is 2.38 bits per heavy atom. The van der Waals surface area contributed by atoms with E-state index in [2.05, 4.69) is 10.3 Å². The largest absolute Gasteiger partial charge is 0.325 e. The van der Waals surface area contributed by atoms with Crippen molar-refractivity contribution >= 4 is 62.2 Å². The number of nitrogens with two attached hydrogens (primary N) is 1. The van der Waals surface area contributed by atoms with E-state index in [-0.39, 0.29) is 16.3 Å². The van der Waals surface area contributed by atoms with Gasteiger partial charge in [0.1, 0.15) is 17.6 Å². The normalized spacial score (nSPS) is 19.9. The molecule has 15 heteroatoms. The lowest BCUT2D eigenvalue weighted by Crippen LogP contribution is -2.33. The fourth-order valence-electron chi connectivity index (χ4n) is 5.09. The Labute approximate surface area is 246 Å². The maximum absolute atomic E-state index is 13.8. The van der Waals surface area contributed by atoms with Crippen molar-refractivity contribution in [1.82, 2.24) is 9.55 Å². The van der Waals surface area contributed by atoms with Gasteiger partial charge in [0.05, 0.1) is 21.5 Å². The third kappa shape index (κ3) is 4.93. The number of halogens is 1. The SMILES string of the molecule is NS(=O)(=O)c1ccc(NC(=O)Cn2c3c(sc2=O)C(c2cccnc2)C2C(=O)N(c4ccc(F)cc4)C(=O)C2S3)cc1. The Morgan fingerprint density at radius 1 is 1.02 bits per heavy atom. The lowest BCUT2D eigenvalue weighted by Gasteiger charge is -2.30. The first-order chi connectivity index (χ1) is 20.0. The summed E-state index contributed by atoms with van der Waals surface area (Å²) >= 11 is 1.94. The highest BCUT2D eigenvalue weighted by molar-refractivity contribution is 8.00. The molecule has 0 radical (unpaired) electrons. The van der Waals surface area contributed by atoms with E-state index in [4.69, 9.17) is 5.14 Å². The van der Waals surface area contributed by atoms with Crippen LogP contribution in [-0.4, -0.2) is 40.9 Å². The van der Waals surface area contributed by atoms with Gasteiger partial charge >= 0.3 is 4.87 Å². The summed E-state index contributed by atoms with van der Waals surface area (Å²) in [5.41, 5.74) is 1.15. The third-order valence-corrected chi connectivity index (χ3v) is 10.5. The first-order valence-corrected chi connectivity index (χ1v) is 15.6. The lowest BCUT2D eigenvalue weighted by atomic mass is 9.84. The van der Waals surface area contributed by atoms with Crippen molar-refractivity contribution in [1.29, 1.82) is 0 Å². The fraction of sp³-hybridized carbons (Fsp3) is 0.148. The number of carbonyl (C=O) groups excluding carboxylic acids is 3. The standard InChI is InChI=1S/C27H20FN5O6S3/c28-15-3-7-17(8-4-15)33-24(35)21-20(14-2-1-11-30-12-14)23-26(40-22(21)25(33)36)32(27(37)41-23)13-19(34)31-16-5-9-18(10-6-16)42(29,38)39/h1-12,20-22H,13H2,(H,31,34)(H2,29,38,39). The number of aromatic nitrogens is 2. The van der Waals surface area contributed by atoms with Gasteiger partial charge in [-0.25, -0.2) is 22.8 Å². The van der Waals surface area contributed by atoms with E-state index in [1.807, 2.05) is 0 Å². The summed E-state index contributed by atoms with van der Waals surface area (Å²) in [5.74, 6) is -3.61. The number of hydrogen-bond donors (Lipinski definition) is 2. The number of amides is 3. The Bertz CT molecular complexity index is 1890. The Hall–Kier alpha value is -4.18. The average molecular weight is 626 g/mol. The molecule has 2 aromatic heterocycles. The predicted molar refractivity (Wildman–Crippen MR) is 153 cm³/mol. The topological polar surface area (TPSA) is 162 Å². The molecule has 1 saturated heterocycles. The summed E-state index contributed by atoms with van der Waals surface area (Å²) in [6.45, 7) is -0.393. The molecular weight excluding hydrogens is 606 g/mol. The quantitative estimate of drug-likeness (QED) is 0.309. The second-order valence-electron chi connectivity index (χ2n) is 9.56. The number of nitrogens with zero attached hydrogens (tertiary/aromatic N) is 3. The summed E-state index contributed by atoms with van der Waals surface area (Å²) < 4.78 is 37.8. The number of primary sulfonamides is 1. The zero-order chi connectivity index (χ0) is 29.8. The third-order valence-electron chi connectivity index (χ3n) is 6.95. The number of anilines is 2. The van der Waals surface area contributed by atoms with Crippen LogP contribution in [0.4, 0.5) is 15.8 Å². The number of carbonyl (C=O) groups is 3. The van der Waals surface area contributed by atoms with Crippen LogP contribution in [0.3, 0.4) is 0 Å². The summed E-state index contributed by atoms with van der Waals surface area (Å²) in [7, 11) is -3.91. The van der Waals surface area contributed by atoms with E-state index in [0.29, 0.717) is 15.5 Å². The molecule has 2 aliphatic heterocycles. The number of imide groups is 1. The van der Waals surface area contributed by atoms with Gasteiger partial charge in [-0.05, 0) is 60.2 Å². The van der Waals surface area contributed by atoms with Crippen LogP contribution in [0.15, 0.2) is 87.8 Å². The van der Waals surface area contributed by atoms with Crippen molar-refractivity contribution in [2.45, 2.75) is 27.6 Å². The highest BCUT2D eigenvalue weighted by atomic mass is 32.2. The average Bonchev–Trinajstić information content (AvgIpc) is 3.40. The van der Waals surface area contributed by atoms with Gasteiger partial charge in [0.2, 0.25) is 27.7 Å². The number of fused-ring (bicyclic) bond motifs is 2. The van der Waals surface area contributed by atoms with Crippen LogP contribution in [0.5, 0.6) is 0 Å². The smallest absolute Gasteiger partial charge is 0.308 e. The van der Waals surface area contributed by atoms with Crippen LogP contribution in [0.1, 0.15) is 16.4 Å². The fourth-order valence-corrected chi connectivity index (χ4v) is 8.38. The highest BCUT2D eigenvalue weighted by Crippen LogP contribution is 2.53. The molecule has 42 heavy (non-hydrogen) atoms. The van der Waals surface area contributed by atoms with Crippen molar-refractivity contribution < 1.29 is 27.2 Å². The lowest BCUT2D eigenvalue weighted by molar-refractivity contribution is -0.122. The Balaban J connectivity index is 1.35. The maximum atomic E-state index is 13.8. The second kappa shape index (κ2) is 10.6.